The van der Waals surface area contributed by atoms with Crippen LogP contribution in [0, 0.1) is 6.92 Å². The van der Waals surface area contributed by atoms with E-state index in [1.165, 1.54) is 0 Å². The molecule has 0 saturated heterocycles. The fourth-order valence-corrected chi connectivity index (χ4v) is 2.27. The van der Waals surface area contributed by atoms with E-state index in [9.17, 15) is 5.11 Å². The molecule has 0 fully saturated rings. The van der Waals surface area contributed by atoms with Gasteiger partial charge in [0.2, 0.25) is 0 Å². The van der Waals surface area contributed by atoms with Crippen LogP contribution in [-0.2, 0) is 0 Å². The summed E-state index contributed by atoms with van der Waals surface area (Å²) >= 11 is 11.9. The second-order valence-electron chi connectivity index (χ2n) is 4.73. The van der Waals surface area contributed by atoms with Crippen molar-refractivity contribution >= 4 is 28.9 Å². The van der Waals surface area contributed by atoms with E-state index in [0.29, 0.717) is 22.3 Å². The molecule has 2 aromatic carbocycles. The summed E-state index contributed by atoms with van der Waals surface area (Å²) in [7, 11) is 0. The van der Waals surface area contributed by atoms with E-state index in [1.54, 1.807) is 24.3 Å². The molecule has 21 heavy (non-hydrogen) atoms. The lowest BCUT2D eigenvalue weighted by molar-refractivity contribution is 0.117. The van der Waals surface area contributed by atoms with Gasteiger partial charge in [0, 0.05) is 11.6 Å². The number of halogens is 2. The minimum Gasteiger partial charge on any atom is -0.491 e. The number of hydrogen-bond donors (Lipinski definition) is 2. The third kappa shape index (κ3) is 4.81. The highest BCUT2D eigenvalue weighted by Gasteiger charge is 2.08. The van der Waals surface area contributed by atoms with Gasteiger partial charge in [-0.1, -0.05) is 35.3 Å². The molecule has 0 heterocycles. The number of nitrogens with one attached hydrogen (secondary N) is 1. The van der Waals surface area contributed by atoms with Crippen molar-refractivity contribution in [3.05, 3.63) is 58.1 Å². The van der Waals surface area contributed by atoms with E-state index in [4.69, 9.17) is 27.9 Å². The Kier molecular flexibility index (Phi) is 5.74. The van der Waals surface area contributed by atoms with Gasteiger partial charge in [0.25, 0.3) is 0 Å². The zero-order valence-electron chi connectivity index (χ0n) is 11.6. The molecule has 3 nitrogen and oxygen atoms in total. The van der Waals surface area contributed by atoms with Crippen LogP contribution in [0.1, 0.15) is 5.56 Å². The fourth-order valence-electron chi connectivity index (χ4n) is 1.86. The first-order chi connectivity index (χ1) is 10.1. The third-order valence-corrected chi connectivity index (χ3v) is 3.56. The van der Waals surface area contributed by atoms with Crippen LogP contribution in [-0.4, -0.2) is 24.4 Å². The van der Waals surface area contributed by atoms with Crippen molar-refractivity contribution < 1.29 is 9.84 Å². The van der Waals surface area contributed by atoms with E-state index in [0.717, 1.165) is 11.3 Å². The number of aryl methyl sites for hydroxylation is 1. The SMILES string of the molecule is Cc1cccc(Cl)c1NCC(O)COc1ccc(Cl)cc1. The standard InChI is InChI=1S/C16H17Cl2NO2/c1-11-3-2-4-15(18)16(11)19-9-13(20)10-21-14-7-5-12(17)6-8-14/h2-8,13,19-20H,9-10H2,1H3. The van der Waals surface area contributed by atoms with Crippen LogP contribution in [0.25, 0.3) is 0 Å². The van der Waals surface area contributed by atoms with Crippen LogP contribution >= 0.6 is 23.2 Å². The van der Waals surface area contributed by atoms with Gasteiger partial charge in [-0.2, -0.15) is 0 Å². The molecule has 0 aliphatic heterocycles. The van der Waals surface area contributed by atoms with Gasteiger partial charge in [0.1, 0.15) is 18.5 Å². The molecule has 112 valence electrons. The molecular formula is C16H17Cl2NO2. The third-order valence-electron chi connectivity index (χ3n) is 2.99. The number of ether oxygens (including phenoxy) is 1. The zero-order chi connectivity index (χ0) is 15.2. The van der Waals surface area contributed by atoms with Gasteiger partial charge in [-0.05, 0) is 42.8 Å². The maximum atomic E-state index is 9.95. The van der Waals surface area contributed by atoms with Crippen LogP contribution in [0.4, 0.5) is 5.69 Å². The highest BCUT2D eigenvalue weighted by Crippen LogP contribution is 2.25. The van der Waals surface area contributed by atoms with Crippen LogP contribution in [0.3, 0.4) is 0 Å². The monoisotopic (exact) mass is 325 g/mol. The maximum absolute atomic E-state index is 9.95. The Labute approximate surface area is 134 Å². The van der Waals surface area contributed by atoms with Gasteiger partial charge in [0.05, 0.1) is 10.7 Å². The Morgan fingerprint density at radius 3 is 2.52 bits per heavy atom. The molecule has 0 spiro atoms. The Morgan fingerprint density at radius 2 is 1.86 bits per heavy atom. The molecule has 1 unspecified atom stereocenters. The number of aliphatic hydroxyl groups is 1. The number of rotatable bonds is 6. The van der Waals surface area contributed by atoms with E-state index >= 15 is 0 Å². The second kappa shape index (κ2) is 7.55. The smallest absolute Gasteiger partial charge is 0.119 e. The highest BCUT2D eigenvalue weighted by molar-refractivity contribution is 6.33. The Balaban J connectivity index is 1.82. The van der Waals surface area contributed by atoms with Crippen LogP contribution in [0.15, 0.2) is 42.5 Å². The molecule has 5 heteroatoms. The Bertz CT molecular complexity index is 567. The lowest BCUT2D eigenvalue weighted by Crippen LogP contribution is -2.26. The minimum absolute atomic E-state index is 0.193. The van der Waals surface area contributed by atoms with Gasteiger partial charge >= 0.3 is 0 Å². The first kappa shape index (κ1) is 16.0. The van der Waals surface area contributed by atoms with E-state index in [-0.39, 0.29) is 6.61 Å². The van der Waals surface area contributed by atoms with E-state index in [1.807, 2.05) is 25.1 Å². The summed E-state index contributed by atoms with van der Waals surface area (Å²) in [5.74, 6) is 0.673. The van der Waals surface area contributed by atoms with Crippen molar-refractivity contribution in [3.63, 3.8) is 0 Å². The molecule has 0 saturated carbocycles. The molecule has 0 aliphatic carbocycles. The summed E-state index contributed by atoms with van der Waals surface area (Å²) in [5.41, 5.74) is 1.87. The van der Waals surface area contributed by atoms with Gasteiger partial charge in [-0.25, -0.2) is 0 Å². The largest absolute Gasteiger partial charge is 0.491 e. The van der Waals surface area contributed by atoms with Crippen LogP contribution in [0.2, 0.25) is 10.0 Å². The predicted molar refractivity (Wildman–Crippen MR) is 87.6 cm³/mol. The van der Waals surface area contributed by atoms with Crippen molar-refractivity contribution in [1.29, 1.82) is 0 Å². The second-order valence-corrected chi connectivity index (χ2v) is 5.58. The zero-order valence-corrected chi connectivity index (χ0v) is 13.2. The van der Waals surface area contributed by atoms with Gasteiger partial charge < -0.3 is 15.2 Å². The summed E-state index contributed by atoms with van der Waals surface area (Å²) in [4.78, 5) is 0. The van der Waals surface area contributed by atoms with Crippen molar-refractivity contribution in [2.24, 2.45) is 0 Å². The lowest BCUT2D eigenvalue weighted by Gasteiger charge is -2.16. The topological polar surface area (TPSA) is 41.5 Å². The van der Waals surface area contributed by atoms with Gasteiger partial charge in [0.15, 0.2) is 0 Å². The molecule has 0 bridgehead atoms. The average molecular weight is 326 g/mol. The normalized spacial score (nSPS) is 12.0. The molecule has 2 rings (SSSR count). The molecule has 0 aromatic heterocycles. The molecule has 1 atom stereocenters. The first-order valence-corrected chi connectivity index (χ1v) is 7.37. The number of benzene rings is 2. The quantitative estimate of drug-likeness (QED) is 0.838. The van der Waals surface area contributed by atoms with Crippen LogP contribution in [0.5, 0.6) is 5.75 Å². The number of aliphatic hydroxyl groups excluding tert-OH is 1. The molecule has 2 N–H and O–H groups in total. The number of para-hydroxylation sites is 1. The van der Waals surface area contributed by atoms with E-state index in [2.05, 4.69) is 5.32 Å². The highest BCUT2D eigenvalue weighted by atomic mass is 35.5. The molecular weight excluding hydrogens is 309 g/mol. The Hall–Kier alpha value is -1.42. The Morgan fingerprint density at radius 1 is 1.14 bits per heavy atom. The lowest BCUT2D eigenvalue weighted by atomic mass is 10.2. The van der Waals surface area contributed by atoms with Gasteiger partial charge in [-0.15, -0.1) is 0 Å². The van der Waals surface area contributed by atoms with Crippen molar-refractivity contribution in [3.8, 4) is 5.75 Å². The number of anilines is 1. The van der Waals surface area contributed by atoms with E-state index < -0.39 is 6.10 Å². The summed E-state index contributed by atoms with van der Waals surface area (Å²) in [6.45, 7) is 2.51. The minimum atomic E-state index is -0.642. The summed E-state index contributed by atoms with van der Waals surface area (Å²) in [5, 5.41) is 14.4. The molecule has 2 aromatic rings. The first-order valence-electron chi connectivity index (χ1n) is 6.61. The predicted octanol–water partition coefficient (Wildman–Crippen LogP) is 4.15. The summed E-state index contributed by atoms with van der Waals surface area (Å²) < 4.78 is 5.49. The molecule has 0 radical (unpaired) electrons. The van der Waals surface area contributed by atoms with Crippen molar-refractivity contribution in [2.75, 3.05) is 18.5 Å². The molecule has 0 amide bonds. The van der Waals surface area contributed by atoms with Crippen LogP contribution < -0.4 is 10.1 Å². The summed E-state index contributed by atoms with van der Waals surface area (Å²) in [6, 6.07) is 12.7. The molecule has 0 aliphatic rings. The van der Waals surface area contributed by atoms with Gasteiger partial charge in [-0.3, -0.25) is 0 Å². The average Bonchev–Trinajstić information content (AvgIpc) is 2.46. The van der Waals surface area contributed by atoms with Crippen molar-refractivity contribution in [1.82, 2.24) is 0 Å². The van der Waals surface area contributed by atoms with Crippen molar-refractivity contribution in [2.45, 2.75) is 13.0 Å². The fraction of sp³-hybridized carbons (Fsp3) is 0.250. The summed E-state index contributed by atoms with van der Waals surface area (Å²) in [6.07, 6.45) is -0.642. The maximum Gasteiger partial charge on any atom is 0.119 e. The number of hydrogen-bond acceptors (Lipinski definition) is 3.